The quantitative estimate of drug-likeness (QED) is 0.171. The Labute approximate surface area is 258 Å². The van der Waals surface area contributed by atoms with E-state index in [0.29, 0.717) is 5.56 Å². The third-order valence-electron chi connectivity index (χ3n) is 6.64. The number of nitrogens with zero attached hydrogens (tertiary/aromatic N) is 5. The van der Waals surface area contributed by atoms with Crippen LogP contribution in [0.25, 0.3) is 0 Å². The van der Waals surface area contributed by atoms with Crippen molar-refractivity contribution in [2.75, 3.05) is 0 Å². The SMILES string of the molecule is CC(=O)OC(C(=O)Cc1ccn(CC[C@H](F)Cn2cc(C(=O)NCc3cc(C(F)(F)F)ccn3)nn2)c(=O)c1F)c1ccccc1. The molecule has 4 rings (SSSR count). The van der Waals surface area contributed by atoms with E-state index in [4.69, 9.17) is 4.74 Å². The molecule has 0 radical (unpaired) electrons. The molecule has 0 fully saturated rings. The van der Waals surface area contributed by atoms with Crippen molar-refractivity contribution >= 4 is 17.7 Å². The highest BCUT2D eigenvalue weighted by Gasteiger charge is 2.31. The first kappa shape index (κ1) is 33.6. The average Bonchev–Trinajstić information content (AvgIpc) is 3.49. The van der Waals surface area contributed by atoms with E-state index >= 15 is 0 Å². The summed E-state index contributed by atoms with van der Waals surface area (Å²) >= 11 is 0. The number of rotatable bonds is 13. The molecule has 2 atom stereocenters. The summed E-state index contributed by atoms with van der Waals surface area (Å²) in [6, 6.07) is 10.9. The van der Waals surface area contributed by atoms with E-state index in [1.165, 1.54) is 12.3 Å². The first-order chi connectivity index (χ1) is 21.8. The smallest absolute Gasteiger partial charge is 0.416 e. The van der Waals surface area contributed by atoms with Gasteiger partial charge in [0.1, 0.15) is 6.17 Å². The Morgan fingerprint density at radius 3 is 2.52 bits per heavy atom. The number of esters is 1. The zero-order valence-corrected chi connectivity index (χ0v) is 24.2. The van der Waals surface area contributed by atoms with Gasteiger partial charge in [0.05, 0.1) is 30.5 Å². The summed E-state index contributed by atoms with van der Waals surface area (Å²) in [4.78, 5) is 53.2. The number of aromatic nitrogens is 5. The van der Waals surface area contributed by atoms with Crippen molar-refractivity contribution in [3.8, 4) is 0 Å². The van der Waals surface area contributed by atoms with Gasteiger partial charge < -0.3 is 14.6 Å². The summed E-state index contributed by atoms with van der Waals surface area (Å²) in [6.45, 7) is 0.223. The molecule has 1 aromatic carbocycles. The molecule has 11 nitrogen and oxygen atoms in total. The highest BCUT2D eigenvalue weighted by atomic mass is 19.4. The lowest BCUT2D eigenvalue weighted by molar-refractivity contribution is -0.153. The number of ether oxygens (including phenoxy) is 1. The van der Waals surface area contributed by atoms with Crippen molar-refractivity contribution < 1.29 is 41.1 Å². The fraction of sp³-hybridized carbons (Fsp3) is 0.300. The fourth-order valence-corrected chi connectivity index (χ4v) is 4.37. The molecule has 1 N–H and O–H groups in total. The van der Waals surface area contributed by atoms with Gasteiger partial charge in [0.2, 0.25) is 0 Å². The van der Waals surface area contributed by atoms with Crippen LogP contribution in [-0.4, -0.2) is 48.4 Å². The minimum Gasteiger partial charge on any atom is -0.450 e. The number of amides is 1. The maximum Gasteiger partial charge on any atom is 0.416 e. The first-order valence-corrected chi connectivity index (χ1v) is 13.8. The molecule has 242 valence electrons. The molecule has 4 aromatic rings. The summed E-state index contributed by atoms with van der Waals surface area (Å²) < 4.78 is 75.4. The summed E-state index contributed by atoms with van der Waals surface area (Å²) in [6.07, 6.45) is -4.91. The lowest BCUT2D eigenvalue weighted by Gasteiger charge is -2.17. The normalized spacial score (nSPS) is 12.7. The Morgan fingerprint density at radius 1 is 1.09 bits per heavy atom. The first-order valence-electron chi connectivity index (χ1n) is 13.8. The molecule has 16 heteroatoms. The average molecular weight is 647 g/mol. The largest absolute Gasteiger partial charge is 0.450 e. The highest BCUT2D eigenvalue weighted by molar-refractivity contribution is 5.91. The summed E-state index contributed by atoms with van der Waals surface area (Å²) in [5.41, 5.74) is -2.08. The minimum absolute atomic E-state index is 0.0379. The lowest BCUT2D eigenvalue weighted by Crippen LogP contribution is -2.27. The van der Waals surface area contributed by atoms with Gasteiger partial charge in [0.15, 0.2) is 23.4 Å². The molecule has 0 saturated carbocycles. The van der Waals surface area contributed by atoms with Crippen LogP contribution in [0.2, 0.25) is 0 Å². The van der Waals surface area contributed by atoms with Gasteiger partial charge in [-0.3, -0.25) is 24.2 Å². The van der Waals surface area contributed by atoms with E-state index in [9.17, 15) is 41.1 Å². The van der Waals surface area contributed by atoms with Gasteiger partial charge in [0.25, 0.3) is 11.5 Å². The third kappa shape index (κ3) is 8.89. The van der Waals surface area contributed by atoms with Crippen LogP contribution < -0.4 is 10.9 Å². The van der Waals surface area contributed by atoms with Crippen LogP contribution in [-0.2, 0) is 46.6 Å². The molecular formula is C30H27F5N6O5. The standard InChI is InChI=1S/C30H27F5N6O5/c1-18(42)46-27(19-5-3-2-4-6-19)25(43)13-20-8-11-40(29(45)26(20)32)12-9-22(31)16-41-17-24(38-39-41)28(44)37-15-23-14-21(7-10-36-23)30(33,34)35/h2-8,10-11,14,17,22,27H,9,12-13,15-16H2,1H3,(H,37,44)/t22-,27?/m0/s1. The van der Waals surface area contributed by atoms with Gasteiger partial charge in [-0.25, -0.2) is 13.5 Å². The second-order valence-corrected chi connectivity index (χ2v) is 10.1. The van der Waals surface area contributed by atoms with Crippen molar-refractivity contribution in [2.45, 2.75) is 57.9 Å². The number of halogens is 5. The van der Waals surface area contributed by atoms with Gasteiger partial charge >= 0.3 is 12.1 Å². The van der Waals surface area contributed by atoms with Crippen molar-refractivity contribution in [1.82, 2.24) is 29.9 Å². The third-order valence-corrected chi connectivity index (χ3v) is 6.64. The number of benzene rings is 1. The number of ketones is 1. The molecule has 46 heavy (non-hydrogen) atoms. The minimum atomic E-state index is -4.57. The maximum atomic E-state index is 14.9. The second-order valence-electron chi connectivity index (χ2n) is 10.1. The van der Waals surface area contributed by atoms with E-state index in [-0.39, 0.29) is 43.0 Å². The number of pyridine rings is 2. The summed E-state index contributed by atoms with van der Waals surface area (Å²) in [5, 5.41) is 9.67. The number of carbonyl (C=O) groups excluding carboxylic acids is 3. The van der Waals surface area contributed by atoms with E-state index in [1.807, 2.05) is 0 Å². The predicted octanol–water partition coefficient (Wildman–Crippen LogP) is 3.77. The van der Waals surface area contributed by atoms with Crippen LogP contribution in [0.3, 0.4) is 0 Å². The number of hydrogen-bond acceptors (Lipinski definition) is 8. The summed E-state index contributed by atoms with van der Waals surface area (Å²) in [5.74, 6) is -3.33. The van der Waals surface area contributed by atoms with Crippen LogP contribution in [0.4, 0.5) is 22.0 Å². The van der Waals surface area contributed by atoms with E-state index in [2.05, 4.69) is 20.6 Å². The maximum absolute atomic E-state index is 14.9. The fourth-order valence-electron chi connectivity index (χ4n) is 4.37. The van der Waals surface area contributed by atoms with Crippen molar-refractivity contribution in [3.63, 3.8) is 0 Å². The van der Waals surface area contributed by atoms with Crippen molar-refractivity contribution in [2.24, 2.45) is 0 Å². The molecule has 3 heterocycles. The number of carbonyl (C=O) groups is 3. The molecule has 0 bridgehead atoms. The molecule has 1 amide bonds. The Bertz CT molecular complexity index is 1760. The topological polar surface area (TPSA) is 138 Å². The molecular weight excluding hydrogens is 619 g/mol. The zero-order chi connectivity index (χ0) is 33.4. The van der Waals surface area contributed by atoms with Crippen LogP contribution >= 0.6 is 0 Å². The lowest BCUT2D eigenvalue weighted by atomic mass is 10.00. The summed E-state index contributed by atoms with van der Waals surface area (Å²) in [7, 11) is 0. The van der Waals surface area contributed by atoms with Crippen LogP contribution in [0, 0.1) is 5.82 Å². The Balaban J connectivity index is 1.31. The van der Waals surface area contributed by atoms with Gasteiger partial charge in [0, 0.05) is 37.8 Å². The highest BCUT2D eigenvalue weighted by Crippen LogP contribution is 2.29. The Kier molecular flexibility index (Phi) is 10.7. The Morgan fingerprint density at radius 2 is 1.83 bits per heavy atom. The zero-order valence-electron chi connectivity index (χ0n) is 24.2. The number of alkyl halides is 4. The molecule has 3 aromatic heterocycles. The Hall–Kier alpha value is -5.28. The molecule has 0 aliphatic carbocycles. The van der Waals surface area contributed by atoms with E-state index < -0.39 is 59.5 Å². The van der Waals surface area contributed by atoms with Crippen molar-refractivity contribution in [3.05, 3.63) is 111 Å². The van der Waals surface area contributed by atoms with Gasteiger partial charge in [-0.1, -0.05) is 35.5 Å². The molecule has 0 spiro atoms. The molecule has 1 unspecified atom stereocenters. The number of aryl methyl sites for hydroxylation is 1. The van der Waals surface area contributed by atoms with Crippen LogP contribution in [0.5, 0.6) is 0 Å². The van der Waals surface area contributed by atoms with Crippen molar-refractivity contribution in [1.29, 1.82) is 0 Å². The van der Waals surface area contributed by atoms with Gasteiger partial charge in [-0.2, -0.15) is 13.2 Å². The van der Waals surface area contributed by atoms with Gasteiger partial charge in [-0.15, -0.1) is 5.10 Å². The van der Waals surface area contributed by atoms with Crippen LogP contribution in [0.1, 0.15) is 52.3 Å². The van der Waals surface area contributed by atoms with E-state index in [1.54, 1.807) is 30.3 Å². The monoisotopic (exact) mass is 646 g/mol. The number of hydrogen-bond donors (Lipinski definition) is 1. The number of nitrogens with one attached hydrogen (secondary N) is 1. The second kappa shape index (κ2) is 14.7. The van der Waals surface area contributed by atoms with E-state index in [0.717, 1.165) is 40.7 Å². The molecule has 0 aliphatic heterocycles. The predicted molar refractivity (Wildman–Crippen MR) is 150 cm³/mol. The van der Waals surface area contributed by atoms with Crippen LogP contribution in [0.15, 0.2) is 71.9 Å². The molecule has 0 saturated heterocycles. The molecule has 0 aliphatic rings. The number of Topliss-reactive ketones (excluding diaryl/α,β-unsaturated/α-hetero) is 1. The van der Waals surface area contributed by atoms with Gasteiger partial charge in [-0.05, 0) is 30.2 Å².